The third-order valence-electron chi connectivity index (χ3n) is 2.23. The van der Waals surface area contributed by atoms with Crippen molar-refractivity contribution in [1.29, 1.82) is 0 Å². The van der Waals surface area contributed by atoms with Crippen molar-refractivity contribution in [1.82, 2.24) is 9.97 Å². The predicted molar refractivity (Wildman–Crippen MR) is 73.8 cm³/mol. The molecular weight excluding hydrogens is 391 g/mol. The molecule has 1 aromatic carbocycles. The van der Waals surface area contributed by atoms with Crippen LogP contribution in [0.5, 0.6) is 0 Å². The van der Waals surface area contributed by atoms with Crippen LogP contribution in [0.4, 0.5) is 35.0 Å². The number of aromatic nitrogens is 2. The maximum absolute atomic E-state index is 12.9. The van der Waals surface area contributed by atoms with E-state index in [0.29, 0.717) is 9.26 Å². The largest absolute Gasteiger partial charge is 0.433 e. The molecule has 106 valence electrons. The smallest absolute Gasteiger partial charge is 0.368 e. The maximum Gasteiger partial charge on any atom is 0.433 e. The van der Waals surface area contributed by atoms with Crippen molar-refractivity contribution < 1.29 is 17.6 Å². The number of alkyl halides is 3. The molecule has 0 saturated carbocycles. The molecule has 4 nitrogen and oxygen atoms in total. The standard InChI is InChI=1S/C11H7F4IN4/c12-5-1-2-7(6(16)3-5)18-9-4-8(11(13,14)15)19-10(17)20-9/h1-4H,(H3,17,18,19,20). The van der Waals surface area contributed by atoms with Gasteiger partial charge in [-0.1, -0.05) is 0 Å². The molecular formula is C11H7F4IN4. The van der Waals surface area contributed by atoms with Crippen LogP contribution in [-0.2, 0) is 6.18 Å². The Morgan fingerprint density at radius 3 is 2.45 bits per heavy atom. The third kappa shape index (κ3) is 3.46. The van der Waals surface area contributed by atoms with Crippen LogP contribution in [0, 0.1) is 9.39 Å². The summed E-state index contributed by atoms with van der Waals surface area (Å²) in [5.41, 5.74) is 4.51. The lowest BCUT2D eigenvalue weighted by Crippen LogP contribution is -2.12. The van der Waals surface area contributed by atoms with Gasteiger partial charge in [-0.25, -0.2) is 9.37 Å². The van der Waals surface area contributed by atoms with E-state index in [1.807, 2.05) is 22.6 Å². The van der Waals surface area contributed by atoms with E-state index >= 15 is 0 Å². The number of nitrogens with two attached hydrogens (primary N) is 1. The second-order valence-corrected chi connectivity index (χ2v) is 4.91. The first kappa shape index (κ1) is 14.8. The Kier molecular flexibility index (Phi) is 3.97. The van der Waals surface area contributed by atoms with Gasteiger partial charge in [0.25, 0.3) is 0 Å². The first-order chi connectivity index (χ1) is 9.25. The van der Waals surface area contributed by atoms with Crippen molar-refractivity contribution in [3.05, 3.63) is 39.3 Å². The van der Waals surface area contributed by atoms with Crippen molar-refractivity contribution in [3.8, 4) is 0 Å². The van der Waals surface area contributed by atoms with Crippen molar-refractivity contribution in [2.24, 2.45) is 0 Å². The molecule has 0 aliphatic carbocycles. The van der Waals surface area contributed by atoms with Gasteiger partial charge in [-0.3, -0.25) is 0 Å². The van der Waals surface area contributed by atoms with Crippen LogP contribution >= 0.6 is 22.6 Å². The Hall–Kier alpha value is -1.65. The van der Waals surface area contributed by atoms with Crippen LogP contribution in [0.3, 0.4) is 0 Å². The van der Waals surface area contributed by atoms with Gasteiger partial charge in [-0.2, -0.15) is 18.2 Å². The molecule has 0 radical (unpaired) electrons. The Morgan fingerprint density at radius 2 is 1.85 bits per heavy atom. The number of anilines is 3. The van der Waals surface area contributed by atoms with Gasteiger partial charge in [-0.15, -0.1) is 0 Å². The molecule has 0 saturated heterocycles. The summed E-state index contributed by atoms with van der Waals surface area (Å²) in [4.78, 5) is 6.79. The van der Waals surface area contributed by atoms with E-state index in [1.165, 1.54) is 18.2 Å². The van der Waals surface area contributed by atoms with Gasteiger partial charge in [-0.05, 0) is 40.8 Å². The molecule has 0 amide bonds. The molecule has 0 spiro atoms. The molecule has 0 aliphatic rings. The van der Waals surface area contributed by atoms with Gasteiger partial charge < -0.3 is 11.1 Å². The number of rotatable bonds is 2. The number of hydrogen-bond acceptors (Lipinski definition) is 4. The van der Waals surface area contributed by atoms with Crippen LogP contribution in [0.15, 0.2) is 24.3 Å². The number of nitrogens with zero attached hydrogens (tertiary/aromatic N) is 2. The van der Waals surface area contributed by atoms with Crippen LogP contribution in [0.1, 0.15) is 5.69 Å². The molecule has 1 heterocycles. The second kappa shape index (κ2) is 5.38. The van der Waals surface area contributed by atoms with Gasteiger partial charge in [0.05, 0.1) is 5.69 Å². The van der Waals surface area contributed by atoms with Crippen LogP contribution in [0.25, 0.3) is 0 Å². The van der Waals surface area contributed by atoms with Gasteiger partial charge >= 0.3 is 6.18 Å². The molecule has 0 fully saturated rings. The Balaban J connectivity index is 2.36. The zero-order valence-corrected chi connectivity index (χ0v) is 11.8. The zero-order valence-electron chi connectivity index (χ0n) is 9.67. The van der Waals surface area contributed by atoms with Gasteiger partial charge in [0.15, 0.2) is 5.69 Å². The lowest BCUT2D eigenvalue weighted by Gasteiger charge is -2.11. The van der Waals surface area contributed by atoms with Gasteiger partial charge in [0, 0.05) is 9.64 Å². The molecule has 2 aromatic rings. The quantitative estimate of drug-likeness (QED) is 0.600. The maximum atomic E-state index is 12.9. The van der Waals surface area contributed by atoms with Crippen LogP contribution < -0.4 is 11.1 Å². The summed E-state index contributed by atoms with van der Waals surface area (Å²) in [5, 5.41) is 2.65. The second-order valence-electron chi connectivity index (χ2n) is 3.74. The number of halogens is 5. The van der Waals surface area contributed by atoms with Gasteiger partial charge in [0.2, 0.25) is 5.95 Å². The fourth-order valence-electron chi connectivity index (χ4n) is 1.40. The summed E-state index contributed by atoms with van der Waals surface area (Å²) < 4.78 is 51.2. The lowest BCUT2D eigenvalue weighted by molar-refractivity contribution is -0.141. The summed E-state index contributed by atoms with van der Waals surface area (Å²) in [6.45, 7) is 0. The molecule has 0 unspecified atom stereocenters. The average molecular weight is 398 g/mol. The minimum atomic E-state index is -4.62. The number of nitrogen functional groups attached to an aromatic ring is 1. The SMILES string of the molecule is Nc1nc(Nc2ccc(F)cc2I)cc(C(F)(F)F)n1. The van der Waals surface area contributed by atoms with Crippen molar-refractivity contribution in [3.63, 3.8) is 0 Å². The molecule has 0 aliphatic heterocycles. The normalized spacial score (nSPS) is 11.4. The van der Waals surface area contributed by atoms with E-state index in [1.54, 1.807) is 0 Å². The van der Waals surface area contributed by atoms with E-state index in [9.17, 15) is 17.6 Å². The Morgan fingerprint density at radius 1 is 1.15 bits per heavy atom. The predicted octanol–water partition coefficient (Wildman–Crippen LogP) is 3.56. The monoisotopic (exact) mass is 398 g/mol. The third-order valence-corrected chi connectivity index (χ3v) is 3.12. The van der Waals surface area contributed by atoms with Crippen molar-refractivity contribution >= 4 is 40.0 Å². The summed E-state index contributed by atoms with van der Waals surface area (Å²) in [7, 11) is 0. The first-order valence-electron chi connectivity index (χ1n) is 5.19. The summed E-state index contributed by atoms with van der Waals surface area (Å²) >= 11 is 1.85. The minimum Gasteiger partial charge on any atom is -0.368 e. The fourth-order valence-corrected chi connectivity index (χ4v) is 2.02. The zero-order chi connectivity index (χ0) is 14.9. The molecule has 1 aromatic heterocycles. The van der Waals surface area contributed by atoms with Crippen molar-refractivity contribution in [2.75, 3.05) is 11.1 Å². The van der Waals surface area contributed by atoms with E-state index in [4.69, 9.17) is 5.73 Å². The van der Waals surface area contributed by atoms with E-state index in [0.717, 1.165) is 6.07 Å². The lowest BCUT2D eigenvalue weighted by atomic mass is 10.3. The van der Waals surface area contributed by atoms with Crippen molar-refractivity contribution in [2.45, 2.75) is 6.18 Å². The highest BCUT2D eigenvalue weighted by atomic mass is 127. The highest BCUT2D eigenvalue weighted by molar-refractivity contribution is 14.1. The van der Waals surface area contributed by atoms with E-state index in [-0.39, 0.29) is 5.82 Å². The van der Waals surface area contributed by atoms with E-state index in [2.05, 4.69) is 15.3 Å². The molecule has 3 N–H and O–H groups in total. The average Bonchev–Trinajstić information content (AvgIpc) is 2.31. The van der Waals surface area contributed by atoms with E-state index < -0.39 is 23.6 Å². The summed E-state index contributed by atoms with van der Waals surface area (Å²) in [5.74, 6) is -1.06. The number of benzene rings is 1. The number of hydrogen-bond donors (Lipinski definition) is 2. The van der Waals surface area contributed by atoms with Crippen LogP contribution in [-0.4, -0.2) is 9.97 Å². The van der Waals surface area contributed by atoms with Crippen LogP contribution in [0.2, 0.25) is 0 Å². The van der Waals surface area contributed by atoms with Gasteiger partial charge in [0.1, 0.15) is 11.6 Å². The molecule has 20 heavy (non-hydrogen) atoms. The highest BCUT2D eigenvalue weighted by Crippen LogP contribution is 2.30. The Labute approximate surface area is 124 Å². The Bertz CT molecular complexity index is 645. The summed E-state index contributed by atoms with van der Waals surface area (Å²) in [6, 6.07) is 4.54. The first-order valence-corrected chi connectivity index (χ1v) is 6.27. The molecule has 0 bridgehead atoms. The molecule has 2 rings (SSSR count). The summed E-state index contributed by atoms with van der Waals surface area (Å²) in [6.07, 6.45) is -4.62. The molecule has 9 heteroatoms. The fraction of sp³-hybridized carbons (Fsp3) is 0.0909. The highest BCUT2D eigenvalue weighted by Gasteiger charge is 2.33. The topological polar surface area (TPSA) is 63.8 Å². The molecule has 0 atom stereocenters. The minimum absolute atomic E-state index is 0.116. The number of nitrogens with one attached hydrogen (secondary N) is 1.